The number of ether oxygens (including phenoxy) is 1. The van der Waals surface area contributed by atoms with Gasteiger partial charge in [0, 0.05) is 5.56 Å². The Morgan fingerprint density at radius 1 is 1.06 bits per heavy atom. The van der Waals surface area contributed by atoms with E-state index in [1.54, 1.807) is 24.3 Å². The fourth-order valence-corrected chi connectivity index (χ4v) is 5.67. The maximum absolute atomic E-state index is 13.4. The van der Waals surface area contributed by atoms with Crippen molar-refractivity contribution in [2.45, 2.75) is 26.8 Å². The minimum atomic E-state index is -0.811. The maximum atomic E-state index is 13.4. The van der Waals surface area contributed by atoms with Crippen molar-refractivity contribution in [2.75, 3.05) is 11.5 Å². The van der Waals surface area contributed by atoms with Crippen LogP contribution < -0.4 is 9.64 Å². The second-order valence-electron chi connectivity index (χ2n) is 8.47. The van der Waals surface area contributed by atoms with Crippen LogP contribution in [0.2, 0.25) is 0 Å². The Morgan fingerprint density at radius 3 is 2.57 bits per heavy atom. The average molecular weight is 485 g/mol. The predicted molar refractivity (Wildman–Crippen MR) is 138 cm³/mol. The Bertz CT molecular complexity index is 1490. The highest BCUT2D eigenvalue weighted by atomic mass is 32.1. The summed E-state index contributed by atoms with van der Waals surface area (Å²) < 4.78 is 6.50. The molecule has 6 nitrogen and oxygen atoms in total. The minimum Gasteiger partial charge on any atom is -0.507 e. The van der Waals surface area contributed by atoms with Gasteiger partial charge in [0.1, 0.15) is 11.5 Å². The average Bonchev–Trinajstić information content (AvgIpc) is 3.38. The topological polar surface area (TPSA) is 79.7 Å². The molecule has 176 valence electrons. The lowest BCUT2D eigenvalue weighted by Gasteiger charge is -2.23. The molecule has 5 rings (SSSR count). The van der Waals surface area contributed by atoms with Gasteiger partial charge in [0.15, 0.2) is 5.13 Å². The van der Waals surface area contributed by atoms with Gasteiger partial charge in [-0.3, -0.25) is 14.5 Å². The summed E-state index contributed by atoms with van der Waals surface area (Å²) in [4.78, 5) is 32.9. The molecular formula is C28H24N2O4S. The molecule has 2 heterocycles. The molecule has 7 heteroatoms. The van der Waals surface area contributed by atoms with E-state index in [9.17, 15) is 14.7 Å². The Labute approximate surface area is 207 Å². The van der Waals surface area contributed by atoms with E-state index in [1.807, 2.05) is 63.2 Å². The highest BCUT2D eigenvalue weighted by Gasteiger charge is 2.48. The van der Waals surface area contributed by atoms with E-state index in [1.165, 1.54) is 16.2 Å². The van der Waals surface area contributed by atoms with E-state index >= 15 is 0 Å². The monoisotopic (exact) mass is 484 g/mol. The van der Waals surface area contributed by atoms with Crippen molar-refractivity contribution in [2.24, 2.45) is 0 Å². The van der Waals surface area contributed by atoms with E-state index in [-0.39, 0.29) is 11.3 Å². The van der Waals surface area contributed by atoms with Crippen LogP contribution in [0.25, 0.3) is 16.0 Å². The van der Waals surface area contributed by atoms with Gasteiger partial charge in [0.25, 0.3) is 5.78 Å². The molecule has 1 fully saturated rings. The van der Waals surface area contributed by atoms with Crippen LogP contribution in [0.5, 0.6) is 5.75 Å². The highest BCUT2D eigenvalue weighted by Crippen LogP contribution is 2.44. The van der Waals surface area contributed by atoms with Gasteiger partial charge in [-0.15, -0.1) is 0 Å². The molecule has 1 aliphatic rings. The first-order chi connectivity index (χ1) is 16.9. The molecule has 1 saturated heterocycles. The summed E-state index contributed by atoms with van der Waals surface area (Å²) in [5.74, 6) is -1.13. The van der Waals surface area contributed by atoms with E-state index in [4.69, 9.17) is 9.72 Å². The van der Waals surface area contributed by atoms with Gasteiger partial charge in [-0.05, 0) is 55.7 Å². The van der Waals surface area contributed by atoms with Gasteiger partial charge in [-0.25, -0.2) is 4.98 Å². The molecule has 1 aliphatic heterocycles. The van der Waals surface area contributed by atoms with Gasteiger partial charge >= 0.3 is 5.91 Å². The quantitative estimate of drug-likeness (QED) is 0.215. The van der Waals surface area contributed by atoms with E-state index < -0.39 is 17.7 Å². The molecule has 0 saturated carbocycles. The number of nitrogens with zero attached hydrogens (tertiary/aromatic N) is 2. The van der Waals surface area contributed by atoms with Crippen molar-refractivity contribution in [3.63, 3.8) is 0 Å². The highest BCUT2D eigenvalue weighted by molar-refractivity contribution is 7.22. The van der Waals surface area contributed by atoms with Gasteiger partial charge < -0.3 is 9.84 Å². The van der Waals surface area contributed by atoms with Crippen LogP contribution >= 0.6 is 11.3 Å². The summed E-state index contributed by atoms with van der Waals surface area (Å²) in [6.07, 6.45) is 0. The number of ketones is 1. The van der Waals surface area contributed by atoms with Gasteiger partial charge in [-0.2, -0.15) is 0 Å². The molecule has 1 atom stereocenters. The number of Topliss-reactive ketones (excluding diaryl/α,β-unsaturated/α-hetero) is 1. The van der Waals surface area contributed by atoms with Crippen molar-refractivity contribution < 1.29 is 19.4 Å². The summed E-state index contributed by atoms with van der Waals surface area (Å²) in [5.41, 5.74) is 4.05. The number of rotatable bonds is 5. The molecule has 1 amide bonds. The van der Waals surface area contributed by atoms with Gasteiger partial charge in [0.2, 0.25) is 0 Å². The Balaban J connectivity index is 1.71. The molecule has 3 aromatic carbocycles. The third-order valence-corrected chi connectivity index (χ3v) is 7.00. The Kier molecular flexibility index (Phi) is 5.86. The molecule has 4 aromatic rings. The first-order valence-electron chi connectivity index (χ1n) is 11.4. The molecule has 0 aliphatic carbocycles. The second kappa shape index (κ2) is 9.00. The molecule has 35 heavy (non-hydrogen) atoms. The zero-order chi connectivity index (χ0) is 24.7. The Morgan fingerprint density at radius 2 is 1.83 bits per heavy atom. The zero-order valence-electron chi connectivity index (χ0n) is 19.6. The number of hydrogen-bond donors (Lipinski definition) is 1. The summed E-state index contributed by atoms with van der Waals surface area (Å²) in [6, 6.07) is 19.4. The number of thiazole rings is 1. The number of carbonyl (C=O) groups excluding carboxylic acids is 2. The molecule has 0 spiro atoms. The number of carbonyl (C=O) groups is 2. The van der Waals surface area contributed by atoms with Crippen LogP contribution in [0.4, 0.5) is 5.13 Å². The minimum absolute atomic E-state index is 0.0296. The van der Waals surface area contributed by atoms with Gasteiger partial charge in [0.05, 0.1) is 28.4 Å². The predicted octanol–water partition coefficient (Wildman–Crippen LogP) is 5.94. The van der Waals surface area contributed by atoms with Crippen LogP contribution in [0.15, 0.2) is 72.3 Å². The van der Waals surface area contributed by atoms with Crippen molar-refractivity contribution in [1.29, 1.82) is 0 Å². The van der Waals surface area contributed by atoms with Crippen LogP contribution in [0.3, 0.4) is 0 Å². The molecule has 1 N–H and O–H groups in total. The number of aryl methyl sites for hydroxylation is 2. The molecule has 0 bridgehead atoms. The lowest BCUT2D eigenvalue weighted by atomic mass is 9.95. The summed E-state index contributed by atoms with van der Waals surface area (Å²) in [5, 5.41) is 11.7. The van der Waals surface area contributed by atoms with Crippen molar-refractivity contribution in [3.8, 4) is 5.75 Å². The fourth-order valence-electron chi connectivity index (χ4n) is 4.50. The molecule has 1 aromatic heterocycles. The largest absolute Gasteiger partial charge is 0.507 e. The maximum Gasteiger partial charge on any atom is 0.301 e. The van der Waals surface area contributed by atoms with Crippen LogP contribution in [0.1, 0.15) is 35.2 Å². The molecule has 0 radical (unpaired) electrons. The van der Waals surface area contributed by atoms with Crippen molar-refractivity contribution in [3.05, 3.63) is 94.6 Å². The SMILES string of the molecule is CCOc1cccc(/C(O)=C2\C(=O)C(=O)N(c3nc4c(C)cc(C)cc4s3)C2c2ccccc2)c1. The molecule has 1 unspecified atom stereocenters. The fraction of sp³-hybridized carbons (Fsp3) is 0.179. The van der Waals surface area contributed by atoms with Crippen molar-refractivity contribution >= 4 is 44.1 Å². The van der Waals surface area contributed by atoms with Crippen molar-refractivity contribution in [1.82, 2.24) is 4.98 Å². The number of hydrogen-bond acceptors (Lipinski definition) is 6. The summed E-state index contributed by atoms with van der Waals surface area (Å²) >= 11 is 1.36. The van der Waals surface area contributed by atoms with E-state index in [2.05, 4.69) is 0 Å². The lowest BCUT2D eigenvalue weighted by molar-refractivity contribution is -0.132. The number of anilines is 1. The summed E-state index contributed by atoms with van der Waals surface area (Å²) in [6.45, 7) is 6.33. The van der Waals surface area contributed by atoms with Crippen LogP contribution in [-0.2, 0) is 9.59 Å². The first-order valence-corrected chi connectivity index (χ1v) is 12.2. The zero-order valence-corrected chi connectivity index (χ0v) is 20.4. The van der Waals surface area contributed by atoms with Crippen LogP contribution in [-0.4, -0.2) is 28.4 Å². The number of amides is 1. The van der Waals surface area contributed by atoms with Crippen LogP contribution in [0, 0.1) is 13.8 Å². The third-order valence-electron chi connectivity index (χ3n) is 6.00. The smallest absolute Gasteiger partial charge is 0.301 e. The molecular weight excluding hydrogens is 460 g/mol. The van der Waals surface area contributed by atoms with E-state index in [0.29, 0.717) is 28.6 Å². The number of benzene rings is 3. The van der Waals surface area contributed by atoms with Gasteiger partial charge in [-0.1, -0.05) is 59.9 Å². The number of aliphatic hydroxyl groups excluding tert-OH is 1. The number of fused-ring (bicyclic) bond motifs is 1. The van der Waals surface area contributed by atoms with E-state index in [0.717, 1.165) is 21.3 Å². The first kappa shape index (κ1) is 22.8. The summed E-state index contributed by atoms with van der Waals surface area (Å²) in [7, 11) is 0. The Hall–Kier alpha value is -3.97. The number of aromatic nitrogens is 1. The third kappa shape index (κ3) is 3.98. The number of aliphatic hydroxyl groups is 1. The standard InChI is InChI=1S/C28H24N2O4S/c1-4-34-20-12-8-11-19(15-20)25(31)22-24(18-9-6-5-7-10-18)30(27(33)26(22)32)28-29-23-17(3)13-16(2)14-21(23)35-28/h5-15,24,31H,4H2,1-3H3/b25-22+. The normalized spacial score (nSPS) is 17.3. The second-order valence-corrected chi connectivity index (χ2v) is 9.47. The lowest BCUT2D eigenvalue weighted by Crippen LogP contribution is -2.29.